The number of carbonyl (C=O) groups excluding carboxylic acids is 2. The number of aryl methyl sites for hydroxylation is 2. The summed E-state index contributed by atoms with van der Waals surface area (Å²) in [7, 11) is 0. The normalized spacial score (nSPS) is 14.6. The molecule has 0 aliphatic carbocycles. The fraction of sp³-hybridized carbons (Fsp3) is 0.381. The van der Waals surface area contributed by atoms with E-state index in [9.17, 15) is 9.59 Å². The standard InChI is InChI=1S/C21H25N3O2/c1-15-7-8-19(16(2)11-15)23-20(25)17-12-18(14-22-13-17)21(26)24-9-5-3-4-6-10-24/h7-8,11-14H,3-6,9-10H2,1-2H3,(H,23,25). The summed E-state index contributed by atoms with van der Waals surface area (Å²) in [6, 6.07) is 7.51. The number of likely N-dealkylation sites (tertiary alicyclic amines) is 1. The van der Waals surface area contributed by atoms with E-state index in [2.05, 4.69) is 10.3 Å². The average Bonchev–Trinajstić information content (AvgIpc) is 2.93. The van der Waals surface area contributed by atoms with Crippen molar-refractivity contribution in [3.05, 3.63) is 58.9 Å². The number of benzene rings is 1. The van der Waals surface area contributed by atoms with Crippen molar-refractivity contribution < 1.29 is 9.59 Å². The fourth-order valence-corrected chi connectivity index (χ4v) is 3.29. The molecule has 0 saturated carbocycles. The molecule has 1 aromatic carbocycles. The van der Waals surface area contributed by atoms with Crippen LogP contribution in [0.5, 0.6) is 0 Å². The maximum absolute atomic E-state index is 12.7. The van der Waals surface area contributed by atoms with E-state index in [-0.39, 0.29) is 11.8 Å². The minimum atomic E-state index is -0.255. The molecule has 26 heavy (non-hydrogen) atoms. The average molecular weight is 351 g/mol. The van der Waals surface area contributed by atoms with Crippen LogP contribution in [0, 0.1) is 13.8 Å². The highest BCUT2D eigenvalue weighted by molar-refractivity contribution is 6.06. The van der Waals surface area contributed by atoms with Gasteiger partial charge in [0, 0.05) is 31.2 Å². The van der Waals surface area contributed by atoms with Crippen molar-refractivity contribution in [3.8, 4) is 0 Å². The molecule has 0 bridgehead atoms. The summed E-state index contributed by atoms with van der Waals surface area (Å²) >= 11 is 0. The molecule has 5 nitrogen and oxygen atoms in total. The van der Waals surface area contributed by atoms with Gasteiger partial charge < -0.3 is 10.2 Å². The molecule has 1 saturated heterocycles. The summed E-state index contributed by atoms with van der Waals surface area (Å²) in [6.45, 7) is 5.52. The molecule has 1 aliphatic heterocycles. The smallest absolute Gasteiger partial charge is 0.257 e. The van der Waals surface area contributed by atoms with Gasteiger partial charge in [0.05, 0.1) is 11.1 Å². The largest absolute Gasteiger partial charge is 0.339 e. The molecule has 0 unspecified atom stereocenters. The molecule has 1 aromatic heterocycles. The molecule has 1 fully saturated rings. The van der Waals surface area contributed by atoms with E-state index in [0.717, 1.165) is 42.7 Å². The van der Waals surface area contributed by atoms with E-state index >= 15 is 0 Å². The van der Waals surface area contributed by atoms with Crippen molar-refractivity contribution in [2.45, 2.75) is 39.5 Å². The Bertz CT molecular complexity index is 809. The zero-order chi connectivity index (χ0) is 18.5. The Morgan fingerprint density at radius 1 is 0.962 bits per heavy atom. The Hall–Kier alpha value is -2.69. The van der Waals surface area contributed by atoms with Crippen molar-refractivity contribution in [1.82, 2.24) is 9.88 Å². The Balaban J connectivity index is 1.75. The lowest BCUT2D eigenvalue weighted by atomic mass is 10.1. The molecule has 3 rings (SSSR count). The van der Waals surface area contributed by atoms with Crippen LogP contribution in [0.25, 0.3) is 0 Å². The Kier molecular flexibility index (Phi) is 5.66. The fourth-order valence-electron chi connectivity index (χ4n) is 3.29. The lowest BCUT2D eigenvalue weighted by Gasteiger charge is -2.20. The SMILES string of the molecule is Cc1ccc(NC(=O)c2cncc(C(=O)N3CCCCCC3)c2)c(C)c1. The summed E-state index contributed by atoms with van der Waals surface area (Å²) in [5, 5.41) is 2.91. The van der Waals surface area contributed by atoms with Gasteiger partial charge in [-0.3, -0.25) is 14.6 Å². The van der Waals surface area contributed by atoms with E-state index in [1.165, 1.54) is 19.0 Å². The Labute approximate surface area is 154 Å². The summed E-state index contributed by atoms with van der Waals surface area (Å²) < 4.78 is 0. The van der Waals surface area contributed by atoms with E-state index in [4.69, 9.17) is 0 Å². The quantitative estimate of drug-likeness (QED) is 0.910. The van der Waals surface area contributed by atoms with Crippen molar-refractivity contribution in [2.24, 2.45) is 0 Å². The second-order valence-corrected chi connectivity index (χ2v) is 6.94. The number of anilines is 1. The van der Waals surface area contributed by atoms with Crippen molar-refractivity contribution in [1.29, 1.82) is 0 Å². The van der Waals surface area contributed by atoms with Crippen LogP contribution in [0.2, 0.25) is 0 Å². The van der Waals surface area contributed by atoms with Crippen LogP contribution in [-0.4, -0.2) is 34.8 Å². The molecule has 2 heterocycles. The highest BCUT2D eigenvalue weighted by atomic mass is 16.2. The first-order valence-electron chi connectivity index (χ1n) is 9.17. The van der Waals surface area contributed by atoms with Gasteiger partial charge in [0.25, 0.3) is 11.8 Å². The summed E-state index contributed by atoms with van der Waals surface area (Å²) in [4.78, 5) is 31.3. The monoisotopic (exact) mass is 351 g/mol. The van der Waals surface area contributed by atoms with Crippen LogP contribution in [0.1, 0.15) is 57.5 Å². The van der Waals surface area contributed by atoms with E-state index in [1.807, 2.05) is 36.9 Å². The number of nitrogens with zero attached hydrogens (tertiary/aromatic N) is 2. The number of pyridine rings is 1. The number of rotatable bonds is 3. The Morgan fingerprint density at radius 3 is 2.35 bits per heavy atom. The van der Waals surface area contributed by atoms with Gasteiger partial charge in [0.1, 0.15) is 0 Å². The van der Waals surface area contributed by atoms with Gasteiger partial charge in [-0.2, -0.15) is 0 Å². The number of carbonyl (C=O) groups is 2. The van der Waals surface area contributed by atoms with E-state index in [0.29, 0.717) is 11.1 Å². The van der Waals surface area contributed by atoms with Crippen molar-refractivity contribution >= 4 is 17.5 Å². The molecule has 136 valence electrons. The second-order valence-electron chi connectivity index (χ2n) is 6.94. The lowest BCUT2D eigenvalue weighted by molar-refractivity contribution is 0.0761. The van der Waals surface area contributed by atoms with Crippen LogP contribution < -0.4 is 5.32 Å². The summed E-state index contributed by atoms with van der Waals surface area (Å²) in [5.41, 5.74) is 3.78. The van der Waals surface area contributed by atoms with Gasteiger partial charge in [0.2, 0.25) is 0 Å². The summed E-state index contributed by atoms with van der Waals surface area (Å²) in [6.07, 6.45) is 7.44. The highest BCUT2D eigenvalue weighted by Gasteiger charge is 2.19. The lowest BCUT2D eigenvalue weighted by Crippen LogP contribution is -2.32. The maximum Gasteiger partial charge on any atom is 0.257 e. The van der Waals surface area contributed by atoms with Gasteiger partial charge in [0.15, 0.2) is 0 Å². The van der Waals surface area contributed by atoms with Gasteiger partial charge in [-0.25, -0.2) is 0 Å². The van der Waals surface area contributed by atoms with Gasteiger partial charge in [-0.05, 0) is 44.4 Å². The molecule has 0 spiro atoms. The number of amides is 2. The topological polar surface area (TPSA) is 62.3 Å². The Morgan fingerprint density at radius 2 is 1.65 bits per heavy atom. The third-order valence-electron chi connectivity index (χ3n) is 4.77. The molecule has 2 aromatic rings. The van der Waals surface area contributed by atoms with Crippen molar-refractivity contribution in [2.75, 3.05) is 18.4 Å². The summed E-state index contributed by atoms with van der Waals surface area (Å²) in [5.74, 6) is -0.296. The van der Waals surface area contributed by atoms with Gasteiger partial charge in [-0.1, -0.05) is 30.5 Å². The number of aromatic nitrogens is 1. The maximum atomic E-state index is 12.7. The molecule has 2 amide bonds. The van der Waals surface area contributed by atoms with Crippen LogP contribution in [0.15, 0.2) is 36.7 Å². The molecule has 1 aliphatic rings. The predicted octanol–water partition coefficient (Wildman–Crippen LogP) is 3.97. The van der Waals surface area contributed by atoms with Crippen molar-refractivity contribution in [3.63, 3.8) is 0 Å². The van der Waals surface area contributed by atoms with E-state index < -0.39 is 0 Å². The predicted molar refractivity (Wildman–Crippen MR) is 102 cm³/mol. The zero-order valence-electron chi connectivity index (χ0n) is 15.4. The van der Waals surface area contributed by atoms with Gasteiger partial charge in [-0.15, -0.1) is 0 Å². The minimum Gasteiger partial charge on any atom is -0.339 e. The minimum absolute atomic E-state index is 0.0411. The van der Waals surface area contributed by atoms with Crippen LogP contribution in [0.3, 0.4) is 0 Å². The van der Waals surface area contributed by atoms with Gasteiger partial charge >= 0.3 is 0 Å². The first kappa shape index (κ1) is 18.1. The molecule has 0 radical (unpaired) electrons. The third-order valence-corrected chi connectivity index (χ3v) is 4.77. The first-order valence-corrected chi connectivity index (χ1v) is 9.17. The van der Waals surface area contributed by atoms with Crippen LogP contribution >= 0.6 is 0 Å². The molecule has 1 N–H and O–H groups in total. The first-order chi connectivity index (χ1) is 12.5. The third kappa shape index (κ3) is 4.28. The van der Waals surface area contributed by atoms with Crippen LogP contribution in [0.4, 0.5) is 5.69 Å². The van der Waals surface area contributed by atoms with Crippen LogP contribution in [-0.2, 0) is 0 Å². The number of hydrogen-bond acceptors (Lipinski definition) is 3. The second kappa shape index (κ2) is 8.13. The molecule has 5 heteroatoms. The number of nitrogens with one attached hydrogen (secondary N) is 1. The van der Waals surface area contributed by atoms with E-state index in [1.54, 1.807) is 12.3 Å². The zero-order valence-corrected chi connectivity index (χ0v) is 15.4. The number of hydrogen-bond donors (Lipinski definition) is 1. The highest BCUT2D eigenvalue weighted by Crippen LogP contribution is 2.18. The molecular weight excluding hydrogens is 326 g/mol. The molecule has 0 atom stereocenters. The molecular formula is C21H25N3O2.